The standard InChI is InChI=1S/C21H21ClN4S/c1-26-21-18(19(25-26)17-4-2-3-9-23-17)20(27-11-10-24-21)15-8-7-14(22)12-16(15)13-5-6-13/h2-4,7-9,12-13,20,24H,5-6,10-11H2,1H3. The molecule has 0 radical (unpaired) electrons. The summed E-state index contributed by atoms with van der Waals surface area (Å²) < 4.78 is 1.96. The molecule has 1 N–H and O–H groups in total. The van der Waals surface area contributed by atoms with Gasteiger partial charge in [0.25, 0.3) is 0 Å². The van der Waals surface area contributed by atoms with E-state index in [2.05, 4.69) is 22.4 Å². The van der Waals surface area contributed by atoms with E-state index in [1.165, 1.54) is 29.5 Å². The highest BCUT2D eigenvalue weighted by Gasteiger charge is 2.34. The number of hydrogen-bond acceptors (Lipinski definition) is 4. The van der Waals surface area contributed by atoms with E-state index in [0.717, 1.165) is 34.5 Å². The zero-order valence-corrected chi connectivity index (χ0v) is 16.7. The van der Waals surface area contributed by atoms with Crippen LogP contribution in [0.1, 0.15) is 40.7 Å². The summed E-state index contributed by atoms with van der Waals surface area (Å²) in [5.41, 5.74) is 5.91. The molecule has 2 aromatic heterocycles. The van der Waals surface area contributed by atoms with Crippen LogP contribution >= 0.6 is 23.4 Å². The summed E-state index contributed by atoms with van der Waals surface area (Å²) in [6, 6.07) is 12.4. The van der Waals surface area contributed by atoms with Crippen molar-refractivity contribution < 1.29 is 0 Å². The van der Waals surface area contributed by atoms with Gasteiger partial charge >= 0.3 is 0 Å². The summed E-state index contributed by atoms with van der Waals surface area (Å²) in [4.78, 5) is 4.58. The number of rotatable bonds is 3. The number of aryl methyl sites for hydroxylation is 1. The molecule has 3 aromatic rings. The molecule has 1 fully saturated rings. The average molecular weight is 397 g/mol. The Morgan fingerprint density at radius 3 is 2.85 bits per heavy atom. The van der Waals surface area contributed by atoms with Gasteiger partial charge in [-0.1, -0.05) is 23.7 Å². The Hall–Kier alpha value is -1.98. The molecule has 1 unspecified atom stereocenters. The number of aromatic nitrogens is 3. The molecule has 0 bridgehead atoms. The van der Waals surface area contributed by atoms with E-state index in [4.69, 9.17) is 16.7 Å². The number of anilines is 1. The number of thioether (sulfide) groups is 1. The lowest BCUT2D eigenvalue weighted by Crippen LogP contribution is -2.06. The van der Waals surface area contributed by atoms with Crippen LogP contribution in [0.25, 0.3) is 11.4 Å². The first-order valence-corrected chi connectivity index (χ1v) is 10.8. The average Bonchev–Trinajstić information content (AvgIpc) is 3.50. The fourth-order valence-electron chi connectivity index (χ4n) is 3.90. The van der Waals surface area contributed by atoms with Crippen molar-refractivity contribution in [3.63, 3.8) is 0 Å². The van der Waals surface area contributed by atoms with Gasteiger partial charge in [-0.25, -0.2) is 0 Å². The Balaban J connectivity index is 1.71. The molecular formula is C21H21ClN4S. The van der Waals surface area contributed by atoms with Crippen molar-refractivity contribution in [1.29, 1.82) is 0 Å². The monoisotopic (exact) mass is 396 g/mol. The van der Waals surface area contributed by atoms with Crippen LogP contribution < -0.4 is 5.32 Å². The lowest BCUT2D eigenvalue weighted by atomic mass is 9.95. The molecule has 0 spiro atoms. The minimum absolute atomic E-state index is 0.230. The molecule has 3 heterocycles. The minimum Gasteiger partial charge on any atom is -0.369 e. The van der Waals surface area contributed by atoms with Crippen molar-refractivity contribution in [3.8, 4) is 11.4 Å². The van der Waals surface area contributed by atoms with Crippen molar-refractivity contribution in [2.24, 2.45) is 7.05 Å². The van der Waals surface area contributed by atoms with Crippen LogP contribution in [0.4, 0.5) is 5.82 Å². The van der Waals surface area contributed by atoms with Gasteiger partial charge in [0.15, 0.2) is 0 Å². The molecule has 0 saturated heterocycles. The summed E-state index contributed by atoms with van der Waals surface area (Å²) in [5, 5.41) is 9.48. The molecular weight excluding hydrogens is 376 g/mol. The van der Waals surface area contributed by atoms with E-state index in [1.54, 1.807) is 0 Å². The summed E-state index contributed by atoms with van der Waals surface area (Å²) in [6.45, 7) is 0.932. The SMILES string of the molecule is Cn1nc(-c2ccccn2)c2c1NCCSC2c1ccc(Cl)cc1C1CC1. The predicted octanol–water partition coefficient (Wildman–Crippen LogP) is 5.26. The Morgan fingerprint density at radius 1 is 1.19 bits per heavy atom. The molecule has 138 valence electrons. The highest BCUT2D eigenvalue weighted by Crippen LogP contribution is 2.51. The molecule has 1 aliphatic heterocycles. The quantitative estimate of drug-likeness (QED) is 0.655. The number of pyridine rings is 1. The third kappa shape index (κ3) is 3.13. The molecule has 1 aliphatic carbocycles. The largest absolute Gasteiger partial charge is 0.369 e. The van der Waals surface area contributed by atoms with Crippen molar-refractivity contribution in [1.82, 2.24) is 14.8 Å². The third-order valence-corrected chi connectivity index (χ3v) is 6.78. The lowest BCUT2D eigenvalue weighted by molar-refractivity contribution is 0.773. The van der Waals surface area contributed by atoms with Crippen molar-refractivity contribution >= 4 is 29.2 Å². The zero-order chi connectivity index (χ0) is 18.4. The maximum absolute atomic E-state index is 6.35. The fraction of sp³-hybridized carbons (Fsp3) is 0.333. The molecule has 2 aliphatic rings. The first-order chi connectivity index (χ1) is 13.2. The van der Waals surface area contributed by atoms with Gasteiger partial charge in [-0.15, -0.1) is 11.8 Å². The van der Waals surface area contributed by atoms with Crippen molar-refractivity contribution in [2.75, 3.05) is 17.6 Å². The van der Waals surface area contributed by atoms with Crippen molar-refractivity contribution in [3.05, 3.63) is 64.3 Å². The highest BCUT2D eigenvalue weighted by atomic mass is 35.5. The van der Waals surface area contributed by atoms with Crippen LogP contribution in [-0.2, 0) is 7.05 Å². The topological polar surface area (TPSA) is 42.7 Å². The first-order valence-electron chi connectivity index (χ1n) is 9.35. The number of nitrogens with one attached hydrogen (secondary N) is 1. The second-order valence-corrected chi connectivity index (χ2v) is 8.82. The second kappa shape index (κ2) is 6.88. The zero-order valence-electron chi connectivity index (χ0n) is 15.2. The van der Waals surface area contributed by atoms with Gasteiger partial charge in [0.2, 0.25) is 0 Å². The van der Waals surface area contributed by atoms with Gasteiger partial charge < -0.3 is 5.32 Å². The second-order valence-electron chi connectivity index (χ2n) is 7.17. The van der Waals surface area contributed by atoms with Gasteiger partial charge in [-0.2, -0.15) is 5.10 Å². The summed E-state index contributed by atoms with van der Waals surface area (Å²) in [6.07, 6.45) is 4.35. The van der Waals surface area contributed by atoms with Gasteiger partial charge in [-0.3, -0.25) is 9.67 Å². The summed E-state index contributed by atoms with van der Waals surface area (Å²) in [7, 11) is 2.01. The molecule has 6 heteroatoms. The summed E-state index contributed by atoms with van der Waals surface area (Å²) >= 11 is 8.33. The van der Waals surface area contributed by atoms with Gasteiger partial charge in [0.1, 0.15) is 11.5 Å². The first kappa shape index (κ1) is 17.1. The summed E-state index contributed by atoms with van der Waals surface area (Å²) in [5.74, 6) is 2.80. The van der Waals surface area contributed by atoms with Gasteiger partial charge in [0, 0.05) is 36.1 Å². The maximum Gasteiger partial charge on any atom is 0.129 e. The molecule has 1 atom stereocenters. The highest BCUT2D eigenvalue weighted by molar-refractivity contribution is 7.99. The van der Waals surface area contributed by atoms with E-state index in [9.17, 15) is 0 Å². The number of hydrogen-bond donors (Lipinski definition) is 1. The van der Waals surface area contributed by atoms with Crippen LogP contribution in [0.2, 0.25) is 5.02 Å². The van der Waals surface area contributed by atoms with Gasteiger partial charge in [0.05, 0.1) is 10.9 Å². The van der Waals surface area contributed by atoms with E-state index in [0.29, 0.717) is 5.92 Å². The van der Waals surface area contributed by atoms with E-state index < -0.39 is 0 Å². The smallest absolute Gasteiger partial charge is 0.129 e. The van der Waals surface area contributed by atoms with Crippen LogP contribution in [0.5, 0.6) is 0 Å². The molecule has 27 heavy (non-hydrogen) atoms. The van der Waals surface area contributed by atoms with E-state index in [-0.39, 0.29) is 5.25 Å². The number of halogens is 1. The fourth-order valence-corrected chi connectivity index (χ4v) is 5.32. The molecule has 1 aromatic carbocycles. The lowest BCUT2D eigenvalue weighted by Gasteiger charge is -2.20. The molecule has 4 nitrogen and oxygen atoms in total. The van der Waals surface area contributed by atoms with E-state index in [1.807, 2.05) is 54.0 Å². The molecule has 0 amide bonds. The predicted molar refractivity (Wildman–Crippen MR) is 113 cm³/mol. The van der Waals surface area contributed by atoms with Crippen LogP contribution in [0, 0.1) is 0 Å². The Bertz CT molecular complexity index is 981. The van der Waals surface area contributed by atoms with E-state index >= 15 is 0 Å². The minimum atomic E-state index is 0.230. The van der Waals surface area contributed by atoms with Gasteiger partial charge in [-0.05, 0) is 54.2 Å². The third-order valence-electron chi connectivity index (χ3n) is 5.28. The van der Waals surface area contributed by atoms with Crippen LogP contribution in [0.15, 0.2) is 42.6 Å². The Morgan fingerprint density at radius 2 is 2.07 bits per heavy atom. The number of benzene rings is 1. The Labute approximate surface area is 168 Å². The van der Waals surface area contributed by atoms with Crippen LogP contribution in [0.3, 0.4) is 0 Å². The maximum atomic E-state index is 6.35. The van der Waals surface area contributed by atoms with Crippen molar-refractivity contribution in [2.45, 2.75) is 24.0 Å². The number of fused-ring (bicyclic) bond motifs is 1. The van der Waals surface area contributed by atoms with Crippen LogP contribution in [-0.4, -0.2) is 27.1 Å². The molecule has 5 rings (SSSR count). The normalized spacial score (nSPS) is 19.3. The number of nitrogens with zero attached hydrogens (tertiary/aromatic N) is 3. The Kier molecular flexibility index (Phi) is 4.37. The molecule has 1 saturated carbocycles.